The highest BCUT2D eigenvalue weighted by molar-refractivity contribution is 8.00. The number of rotatable bonds is 8. The lowest BCUT2D eigenvalue weighted by atomic mass is 10.1. The lowest BCUT2D eigenvalue weighted by molar-refractivity contribution is -0.118. The number of thioether (sulfide) groups is 1. The topological polar surface area (TPSA) is 67.4 Å². The van der Waals surface area contributed by atoms with Crippen LogP contribution in [0.2, 0.25) is 0 Å². The molecular formula is C24H28N4O2S. The number of hydrogen-bond acceptors (Lipinski definition) is 6. The van der Waals surface area contributed by atoms with Crippen molar-refractivity contribution in [3.63, 3.8) is 0 Å². The first kappa shape index (κ1) is 21.7. The molecule has 0 bridgehead atoms. The van der Waals surface area contributed by atoms with Gasteiger partial charge in [-0.3, -0.25) is 9.69 Å². The summed E-state index contributed by atoms with van der Waals surface area (Å²) in [7, 11) is 0. The van der Waals surface area contributed by atoms with Crippen molar-refractivity contribution in [2.75, 3.05) is 38.6 Å². The van der Waals surface area contributed by atoms with Gasteiger partial charge in [0, 0.05) is 25.0 Å². The first-order chi connectivity index (χ1) is 15.2. The Balaban J connectivity index is 1.37. The minimum atomic E-state index is 0.0241. The summed E-state index contributed by atoms with van der Waals surface area (Å²) in [5, 5.41) is 4.89. The maximum Gasteiger partial charge on any atom is 0.230 e. The summed E-state index contributed by atoms with van der Waals surface area (Å²) in [5.41, 5.74) is 3.44. The van der Waals surface area contributed by atoms with Gasteiger partial charge in [-0.15, -0.1) is 0 Å². The highest BCUT2D eigenvalue weighted by Crippen LogP contribution is 2.25. The standard InChI is InChI=1S/C24H28N4O2S/c1-18-6-2-3-7-19(18)10-11-25-23(29)17-31-24-20-8-4-5-9-21(20)26-22(27-24)16-28-12-14-30-15-13-28/h2-9H,10-17H2,1H3,(H,25,29). The van der Waals surface area contributed by atoms with Crippen LogP contribution in [-0.2, 0) is 22.5 Å². The van der Waals surface area contributed by atoms with E-state index in [1.165, 1.54) is 22.9 Å². The minimum Gasteiger partial charge on any atom is -0.379 e. The molecule has 0 spiro atoms. The summed E-state index contributed by atoms with van der Waals surface area (Å²) in [6.07, 6.45) is 0.837. The van der Waals surface area contributed by atoms with E-state index in [4.69, 9.17) is 14.7 Å². The molecule has 7 heteroatoms. The molecule has 0 unspecified atom stereocenters. The van der Waals surface area contributed by atoms with Crippen LogP contribution in [0.5, 0.6) is 0 Å². The quantitative estimate of drug-likeness (QED) is 0.432. The van der Waals surface area contributed by atoms with Gasteiger partial charge < -0.3 is 10.1 Å². The lowest BCUT2D eigenvalue weighted by Gasteiger charge is -2.25. The van der Waals surface area contributed by atoms with Crippen LogP contribution >= 0.6 is 11.8 Å². The molecule has 31 heavy (non-hydrogen) atoms. The third kappa shape index (κ3) is 6.03. The number of carbonyl (C=O) groups is 1. The lowest BCUT2D eigenvalue weighted by Crippen LogP contribution is -2.36. The molecule has 6 nitrogen and oxygen atoms in total. The molecule has 1 amide bonds. The minimum absolute atomic E-state index is 0.0241. The molecule has 1 aromatic heterocycles. The first-order valence-electron chi connectivity index (χ1n) is 10.7. The van der Waals surface area contributed by atoms with Crippen molar-refractivity contribution < 1.29 is 9.53 Å². The third-order valence-corrected chi connectivity index (χ3v) is 6.39. The van der Waals surface area contributed by atoms with Gasteiger partial charge in [0.05, 0.1) is 31.0 Å². The van der Waals surface area contributed by atoms with Crippen LogP contribution in [0.4, 0.5) is 0 Å². The maximum absolute atomic E-state index is 12.4. The van der Waals surface area contributed by atoms with Gasteiger partial charge in [0.1, 0.15) is 10.9 Å². The Morgan fingerprint density at radius 2 is 1.87 bits per heavy atom. The predicted octanol–water partition coefficient (Wildman–Crippen LogP) is 3.22. The van der Waals surface area contributed by atoms with Gasteiger partial charge in [0.15, 0.2) is 0 Å². The van der Waals surface area contributed by atoms with Crippen molar-refractivity contribution in [3.8, 4) is 0 Å². The Morgan fingerprint density at radius 3 is 2.71 bits per heavy atom. The van der Waals surface area contributed by atoms with Crippen LogP contribution in [-0.4, -0.2) is 59.4 Å². The van der Waals surface area contributed by atoms with Crippen molar-refractivity contribution in [2.45, 2.75) is 24.9 Å². The van der Waals surface area contributed by atoms with Crippen LogP contribution in [0.15, 0.2) is 53.6 Å². The summed E-state index contributed by atoms with van der Waals surface area (Å²) in [5.74, 6) is 1.16. The van der Waals surface area contributed by atoms with E-state index in [1.54, 1.807) is 0 Å². The zero-order valence-corrected chi connectivity index (χ0v) is 18.7. The summed E-state index contributed by atoms with van der Waals surface area (Å²) < 4.78 is 5.43. The molecule has 0 radical (unpaired) electrons. The van der Waals surface area contributed by atoms with Crippen molar-refractivity contribution in [3.05, 3.63) is 65.5 Å². The normalized spacial score (nSPS) is 14.6. The van der Waals surface area contributed by atoms with E-state index in [9.17, 15) is 4.79 Å². The van der Waals surface area contributed by atoms with Crippen molar-refractivity contribution in [2.24, 2.45) is 0 Å². The zero-order chi connectivity index (χ0) is 21.5. The summed E-state index contributed by atoms with van der Waals surface area (Å²) in [6, 6.07) is 16.3. The molecule has 1 aliphatic heterocycles. The van der Waals surface area contributed by atoms with Crippen LogP contribution in [0, 0.1) is 6.92 Å². The molecule has 1 fully saturated rings. The van der Waals surface area contributed by atoms with Gasteiger partial charge in [-0.25, -0.2) is 9.97 Å². The van der Waals surface area contributed by atoms with E-state index < -0.39 is 0 Å². The average Bonchev–Trinajstić information content (AvgIpc) is 2.79. The number of aryl methyl sites for hydroxylation is 1. The molecule has 4 rings (SSSR count). The van der Waals surface area contributed by atoms with Crippen LogP contribution in [0.3, 0.4) is 0 Å². The highest BCUT2D eigenvalue weighted by atomic mass is 32.2. The van der Waals surface area contributed by atoms with E-state index in [1.807, 2.05) is 36.4 Å². The SMILES string of the molecule is Cc1ccccc1CCNC(=O)CSc1nc(CN2CCOCC2)nc2ccccc12. The van der Waals surface area contributed by atoms with Gasteiger partial charge >= 0.3 is 0 Å². The fourth-order valence-corrected chi connectivity index (χ4v) is 4.51. The smallest absolute Gasteiger partial charge is 0.230 e. The molecule has 0 aliphatic carbocycles. The monoisotopic (exact) mass is 436 g/mol. The Labute approximate surface area is 187 Å². The van der Waals surface area contributed by atoms with E-state index in [0.29, 0.717) is 18.8 Å². The molecule has 0 saturated carbocycles. The van der Waals surface area contributed by atoms with Crippen molar-refractivity contribution in [1.29, 1.82) is 0 Å². The number of morpholine rings is 1. The molecular weight excluding hydrogens is 408 g/mol. The predicted molar refractivity (Wildman–Crippen MR) is 124 cm³/mol. The molecule has 1 saturated heterocycles. The number of fused-ring (bicyclic) bond motifs is 1. The zero-order valence-electron chi connectivity index (χ0n) is 17.8. The van der Waals surface area contributed by atoms with Crippen LogP contribution in [0.25, 0.3) is 10.9 Å². The van der Waals surface area contributed by atoms with Gasteiger partial charge in [-0.05, 0) is 30.5 Å². The number of ether oxygens (including phenoxy) is 1. The molecule has 162 valence electrons. The number of benzene rings is 2. The summed E-state index contributed by atoms with van der Waals surface area (Å²) in [4.78, 5) is 24.3. The van der Waals surface area contributed by atoms with Crippen molar-refractivity contribution in [1.82, 2.24) is 20.2 Å². The number of para-hydroxylation sites is 1. The van der Waals surface area contributed by atoms with Crippen molar-refractivity contribution >= 4 is 28.6 Å². The average molecular weight is 437 g/mol. The molecule has 2 aromatic carbocycles. The Morgan fingerprint density at radius 1 is 1.10 bits per heavy atom. The van der Waals surface area contributed by atoms with Gasteiger partial charge in [-0.1, -0.05) is 54.2 Å². The summed E-state index contributed by atoms with van der Waals surface area (Å²) in [6.45, 7) is 6.71. The number of carbonyl (C=O) groups excluding carboxylic acids is 1. The van der Waals surface area contributed by atoms with E-state index in [2.05, 4.69) is 29.3 Å². The molecule has 1 aliphatic rings. The second kappa shape index (κ2) is 10.7. The molecule has 3 aromatic rings. The van der Waals surface area contributed by atoms with Gasteiger partial charge in [-0.2, -0.15) is 0 Å². The van der Waals surface area contributed by atoms with Crippen LogP contribution < -0.4 is 5.32 Å². The van der Waals surface area contributed by atoms with Gasteiger partial charge in [0.2, 0.25) is 5.91 Å². The first-order valence-corrected chi connectivity index (χ1v) is 11.7. The number of nitrogens with one attached hydrogen (secondary N) is 1. The third-order valence-electron chi connectivity index (χ3n) is 5.40. The van der Waals surface area contributed by atoms with E-state index >= 15 is 0 Å². The molecule has 1 N–H and O–H groups in total. The number of amides is 1. The Bertz CT molecular complexity index is 1040. The van der Waals surface area contributed by atoms with E-state index in [-0.39, 0.29) is 5.91 Å². The Kier molecular flexibility index (Phi) is 7.51. The highest BCUT2D eigenvalue weighted by Gasteiger charge is 2.15. The number of hydrogen-bond donors (Lipinski definition) is 1. The number of nitrogens with zero attached hydrogens (tertiary/aromatic N) is 3. The largest absolute Gasteiger partial charge is 0.379 e. The van der Waals surface area contributed by atoms with E-state index in [0.717, 1.165) is 54.5 Å². The second-order valence-corrected chi connectivity index (χ2v) is 8.63. The van der Waals surface area contributed by atoms with Crippen LogP contribution in [0.1, 0.15) is 17.0 Å². The molecule has 2 heterocycles. The fraction of sp³-hybridized carbons (Fsp3) is 0.375. The second-order valence-electron chi connectivity index (χ2n) is 7.67. The number of aromatic nitrogens is 2. The van der Waals surface area contributed by atoms with Gasteiger partial charge in [0.25, 0.3) is 0 Å². The molecule has 0 atom stereocenters. The Hall–Kier alpha value is -2.48. The fourth-order valence-electron chi connectivity index (χ4n) is 3.65. The maximum atomic E-state index is 12.4. The summed E-state index contributed by atoms with van der Waals surface area (Å²) >= 11 is 1.48.